The van der Waals surface area contributed by atoms with Crippen molar-refractivity contribution in [2.45, 2.75) is 51.1 Å². The van der Waals surface area contributed by atoms with Gasteiger partial charge in [-0.15, -0.1) is 0 Å². The van der Waals surface area contributed by atoms with Crippen LogP contribution in [0.4, 0.5) is 0 Å². The van der Waals surface area contributed by atoms with E-state index in [1.165, 1.54) is 19.3 Å². The number of likely N-dealkylation sites (tertiary alicyclic amines) is 1. The average Bonchev–Trinajstić information content (AvgIpc) is 3.10. The van der Waals surface area contributed by atoms with Crippen LogP contribution in [0.3, 0.4) is 0 Å². The van der Waals surface area contributed by atoms with Crippen LogP contribution in [0.5, 0.6) is 0 Å². The topological polar surface area (TPSA) is 50.2 Å². The van der Waals surface area contributed by atoms with Crippen LogP contribution >= 0.6 is 0 Å². The number of hydrogen-bond acceptors (Lipinski definition) is 3. The third kappa shape index (κ3) is 2.35. The number of aryl methyl sites for hydroxylation is 1. The molecule has 1 aromatic heterocycles. The fourth-order valence-electron chi connectivity index (χ4n) is 3.53. The fourth-order valence-corrected chi connectivity index (χ4v) is 3.53. The van der Waals surface area contributed by atoms with Crippen molar-refractivity contribution in [1.82, 2.24) is 20.0 Å². The van der Waals surface area contributed by atoms with Crippen LogP contribution in [-0.2, 0) is 7.05 Å². The third-order valence-corrected chi connectivity index (χ3v) is 4.84. The summed E-state index contributed by atoms with van der Waals surface area (Å²) in [6.45, 7) is 3.94. The lowest BCUT2D eigenvalue weighted by Crippen LogP contribution is -2.52. The minimum absolute atomic E-state index is 0.161. The number of piperidine rings is 1. The molecule has 2 aliphatic rings. The Balaban J connectivity index is 1.82. The third-order valence-electron chi connectivity index (χ3n) is 4.84. The highest BCUT2D eigenvalue weighted by molar-refractivity contribution is 5.95. The van der Waals surface area contributed by atoms with Crippen molar-refractivity contribution >= 4 is 5.91 Å². The van der Waals surface area contributed by atoms with Gasteiger partial charge >= 0.3 is 0 Å². The van der Waals surface area contributed by atoms with E-state index in [0.717, 1.165) is 37.2 Å². The predicted molar refractivity (Wildman–Crippen MR) is 77.6 cm³/mol. The SMILES string of the molecule is Cc1c(C(=O)N2CCCCC2C2CCCN2)cnn1C. The molecule has 2 atom stereocenters. The van der Waals surface area contributed by atoms with E-state index in [-0.39, 0.29) is 5.91 Å². The van der Waals surface area contributed by atoms with Crippen molar-refractivity contribution in [2.24, 2.45) is 7.05 Å². The molecule has 0 spiro atoms. The Bertz CT molecular complexity index is 490. The van der Waals surface area contributed by atoms with E-state index in [9.17, 15) is 4.79 Å². The molecular formula is C15H24N4O. The van der Waals surface area contributed by atoms with Gasteiger partial charge < -0.3 is 10.2 Å². The molecular weight excluding hydrogens is 252 g/mol. The molecule has 1 amide bonds. The number of carbonyl (C=O) groups excluding carboxylic acids is 1. The maximum Gasteiger partial charge on any atom is 0.257 e. The molecule has 0 saturated carbocycles. The van der Waals surface area contributed by atoms with Gasteiger partial charge in [0.1, 0.15) is 0 Å². The molecule has 110 valence electrons. The summed E-state index contributed by atoms with van der Waals surface area (Å²) in [6, 6.07) is 0.842. The number of aromatic nitrogens is 2. The van der Waals surface area contributed by atoms with Gasteiger partial charge in [0.2, 0.25) is 0 Å². The molecule has 2 unspecified atom stereocenters. The van der Waals surface area contributed by atoms with Crippen molar-refractivity contribution < 1.29 is 4.79 Å². The minimum atomic E-state index is 0.161. The lowest BCUT2D eigenvalue weighted by molar-refractivity contribution is 0.0562. The molecule has 5 heteroatoms. The summed E-state index contributed by atoms with van der Waals surface area (Å²) in [7, 11) is 1.89. The van der Waals surface area contributed by atoms with E-state index in [1.54, 1.807) is 10.9 Å². The zero-order chi connectivity index (χ0) is 14.1. The Labute approximate surface area is 120 Å². The van der Waals surface area contributed by atoms with Crippen LogP contribution in [0.1, 0.15) is 48.2 Å². The van der Waals surface area contributed by atoms with Crippen molar-refractivity contribution in [3.63, 3.8) is 0 Å². The molecule has 2 aliphatic heterocycles. The number of hydrogen-bond donors (Lipinski definition) is 1. The Kier molecular flexibility index (Phi) is 3.78. The summed E-state index contributed by atoms with van der Waals surface area (Å²) in [5.74, 6) is 0.161. The van der Waals surface area contributed by atoms with Crippen molar-refractivity contribution in [1.29, 1.82) is 0 Å². The number of amides is 1. The van der Waals surface area contributed by atoms with Crippen LogP contribution < -0.4 is 5.32 Å². The number of carbonyl (C=O) groups is 1. The van der Waals surface area contributed by atoms with Gasteiger partial charge in [-0.2, -0.15) is 5.10 Å². The molecule has 0 bridgehead atoms. The lowest BCUT2D eigenvalue weighted by atomic mass is 9.94. The molecule has 5 nitrogen and oxygen atoms in total. The second kappa shape index (κ2) is 5.56. The highest BCUT2D eigenvalue weighted by Crippen LogP contribution is 2.26. The Morgan fingerprint density at radius 2 is 2.20 bits per heavy atom. The summed E-state index contributed by atoms with van der Waals surface area (Å²) in [4.78, 5) is 14.9. The molecule has 2 fully saturated rings. The average molecular weight is 276 g/mol. The van der Waals surface area contributed by atoms with Crippen LogP contribution in [0.25, 0.3) is 0 Å². The Morgan fingerprint density at radius 1 is 1.35 bits per heavy atom. The van der Waals surface area contributed by atoms with Crippen LogP contribution in [0.15, 0.2) is 6.20 Å². The van der Waals surface area contributed by atoms with Gasteiger partial charge in [-0.05, 0) is 45.6 Å². The summed E-state index contributed by atoms with van der Waals surface area (Å²) in [5.41, 5.74) is 1.72. The van der Waals surface area contributed by atoms with Gasteiger partial charge in [0.25, 0.3) is 5.91 Å². The monoisotopic (exact) mass is 276 g/mol. The first-order valence-corrected chi connectivity index (χ1v) is 7.71. The van der Waals surface area contributed by atoms with Gasteiger partial charge in [0.05, 0.1) is 11.8 Å². The highest BCUT2D eigenvalue weighted by Gasteiger charge is 2.35. The molecule has 1 N–H and O–H groups in total. The first-order chi connectivity index (χ1) is 9.68. The maximum absolute atomic E-state index is 12.8. The smallest absolute Gasteiger partial charge is 0.257 e. The second-order valence-electron chi connectivity index (χ2n) is 6.03. The van der Waals surface area contributed by atoms with Gasteiger partial charge in [0, 0.05) is 31.4 Å². The zero-order valence-corrected chi connectivity index (χ0v) is 12.4. The first-order valence-electron chi connectivity index (χ1n) is 7.71. The van der Waals surface area contributed by atoms with Crippen molar-refractivity contribution in [3.05, 3.63) is 17.5 Å². The van der Waals surface area contributed by atoms with Crippen molar-refractivity contribution in [2.75, 3.05) is 13.1 Å². The van der Waals surface area contributed by atoms with E-state index < -0.39 is 0 Å². The van der Waals surface area contributed by atoms with Crippen LogP contribution in [-0.4, -0.2) is 45.8 Å². The highest BCUT2D eigenvalue weighted by atomic mass is 16.2. The molecule has 1 aromatic rings. The summed E-state index contributed by atoms with van der Waals surface area (Å²) in [6.07, 6.45) is 7.62. The zero-order valence-electron chi connectivity index (χ0n) is 12.4. The van der Waals surface area contributed by atoms with E-state index in [0.29, 0.717) is 12.1 Å². The summed E-state index contributed by atoms with van der Waals surface area (Å²) in [5, 5.41) is 7.78. The summed E-state index contributed by atoms with van der Waals surface area (Å²) < 4.78 is 1.78. The lowest BCUT2D eigenvalue weighted by Gasteiger charge is -2.39. The summed E-state index contributed by atoms with van der Waals surface area (Å²) >= 11 is 0. The van der Waals surface area contributed by atoms with Crippen LogP contribution in [0.2, 0.25) is 0 Å². The first kappa shape index (κ1) is 13.6. The number of nitrogens with zero attached hydrogens (tertiary/aromatic N) is 3. The van der Waals surface area contributed by atoms with Gasteiger partial charge in [-0.25, -0.2) is 0 Å². The minimum Gasteiger partial charge on any atom is -0.334 e. The Hall–Kier alpha value is -1.36. The second-order valence-corrected chi connectivity index (χ2v) is 6.03. The largest absolute Gasteiger partial charge is 0.334 e. The van der Waals surface area contributed by atoms with Gasteiger partial charge in [-0.1, -0.05) is 0 Å². The number of rotatable bonds is 2. The molecule has 20 heavy (non-hydrogen) atoms. The molecule has 2 saturated heterocycles. The predicted octanol–water partition coefficient (Wildman–Crippen LogP) is 1.48. The van der Waals surface area contributed by atoms with Gasteiger partial charge in [0.15, 0.2) is 0 Å². The van der Waals surface area contributed by atoms with E-state index in [1.807, 2.05) is 14.0 Å². The van der Waals surface area contributed by atoms with E-state index in [2.05, 4.69) is 15.3 Å². The standard InChI is InChI=1S/C15H24N4O/c1-11-12(10-17-18(11)2)15(20)19-9-4-3-7-14(19)13-6-5-8-16-13/h10,13-14,16H,3-9H2,1-2H3. The van der Waals surface area contributed by atoms with E-state index in [4.69, 9.17) is 0 Å². The van der Waals surface area contributed by atoms with Crippen molar-refractivity contribution in [3.8, 4) is 0 Å². The Morgan fingerprint density at radius 3 is 2.85 bits per heavy atom. The van der Waals surface area contributed by atoms with E-state index >= 15 is 0 Å². The quantitative estimate of drug-likeness (QED) is 0.890. The molecule has 0 aromatic carbocycles. The maximum atomic E-state index is 12.8. The number of nitrogens with one attached hydrogen (secondary N) is 1. The molecule has 3 rings (SSSR count). The molecule has 0 radical (unpaired) electrons. The van der Waals surface area contributed by atoms with Gasteiger partial charge in [-0.3, -0.25) is 9.48 Å². The fraction of sp³-hybridized carbons (Fsp3) is 0.733. The normalized spacial score (nSPS) is 27.0. The molecule has 3 heterocycles. The van der Waals surface area contributed by atoms with Crippen LogP contribution in [0, 0.1) is 6.92 Å². The molecule has 0 aliphatic carbocycles.